The molecule has 0 saturated heterocycles. The summed E-state index contributed by atoms with van der Waals surface area (Å²) in [5, 5.41) is 36.4. The van der Waals surface area contributed by atoms with Gasteiger partial charge in [0.2, 0.25) is 12.3 Å². The third-order valence-electron chi connectivity index (χ3n) is 2.09. The lowest BCUT2D eigenvalue weighted by Crippen LogP contribution is -2.44. The molecule has 0 aliphatic heterocycles. The van der Waals surface area contributed by atoms with Gasteiger partial charge in [-0.1, -0.05) is 0 Å². The van der Waals surface area contributed by atoms with E-state index in [0.717, 1.165) is 0 Å². The molecule has 1 unspecified atom stereocenters. The van der Waals surface area contributed by atoms with Crippen LogP contribution in [0.2, 0.25) is 0 Å². The van der Waals surface area contributed by atoms with E-state index >= 15 is 0 Å². The summed E-state index contributed by atoms with van der Waals surface area (Å²) in [5.41, 5.74) is 0. The van der Waals surface area contributed by atoms with Crippen molar-refractivity contribution in [3.63, 3.8) is 0 Å². The topological polar surface area (TPSA) is 159 Å². The number of nitrogens with zero attached hydrogens (tertiary/aromatic N) is 1. The van der Waals surface area contributed by atoms with Crippen molar-refractivity contribution in [2.24, 2.45) is 0 Å². The number of alkyl halides is 1. The highest BCUT2D eigenvalue weighted by Gasteiger charge is 2.35. The van der Waals surface area contributed by atoms with E-state index in [-0.39, 0.29) is 11.5 Å². The minimum absolute atomic E-state index is 0.0173. The molecule has 0 aromatic carbocycles. The van der Waals surface area contributed by atoms with Crippen LogP contribution in [0.3, 0.4) is 0 Å². The first-order valence-corrected chi connectivity index (χ1v) is 6.42. The summed E-state index contributed by atoms with van der Waals surface area (Å²) in [5.74, 6) is -2.69. The van der Waals surface area contributed by atoms with Crippen LogP contribution >= 0.6 is 7.60 Å². The van der Waals surface area contributed by atoms with Crippen LogP contribution in [-0.4, -0.2) is 72.6 Å². The van der Waals surface area contributed by atoms with Crippen molar-refractivity contribution in [3.8, 4) is 0 Å². The quantitative estimate of drug-likeness (QED) is 0.127. The zero-order chi connectivity index (χ0) is 14.5. The highest BCUT2D eigenvalue weighted by molar-refractivity contribution is 7.52. The standard InChI is InChI=1S/C7H15FNO8P/c8-6(18(15,16)17)1-4(11)7(13)5(12)2-9(14)3-10/h3-7,11-14H,1-2H2,(H2,15,16,17)/t4-,5+,6?,7-/m1/s1. The van der Waals surface area contributed by atoms with E-state index in [2.05, 4.69) is 0 Å². The van der Waals surface area contributed by atoms with Crippen molar-refractivity contribution in [1.82, 2.24) is 5.06 Å². The highest BCUT2D eigenvalue weighted by Crippen LogP contribution is 2.44. The molecule has 18 heavy (non-hydrogen) atoms. The number of rotatable bonds is 8. The van der Waals surface area contributed by atoms with Gasteiger partial charge in [0.1, 0.15) is 12.2 Å². The number of carbonyl (C=O) groups is 1. The van der Waals surface area contributed by atoms with Gasteiger partial charge in [0.05, 0.1) is 12.6 Å². The van der Waals surface area contributed by atoms with Gasteiger partial charge < -0.3 is 25.1 Å². The molecule has 6 N–H and O–H groups in total. The van der Waals surface area contributed by atoms with Crippen LogP contribution in [0.15, 0.2) is 0 Å². The minimum Gasteiger partial charge on any atom is -0.390 e. The number of hydrogen-bond acceptors (Lipinski definition) is 6. The van der Waals surface area contributed by atoms with Gasteiger partial charge in [-0.2, -0.15) is 0 Å². The zero-order valence-electron chi connectivity index (χ0n) is 9.07. The van der Waals surface area contributed by atoms with E-state index in [1.54, 1.807) is 0 Å². The molecule has 0 saturated carbocycles. The van der Waals surface area contributed by atoms with Crippen molar-refractivity contribution >= 4 is 14.0 Å². The number of hydroxylamine groups is 2. The average molecular weight is 291 g/mol. The molecule has 9 nitrogen and oxygen atoms in total. The van der Waals surface area contributed by atoms with Crippen LogP contribution in [0.5, 0.6) is 0 Å². The molecular weight excluding hydrogens is 276 g/mol. The molecule has 0 fully saturated rings. The van der Waals surface area contributed by atoms with Crippen molar-refractivity contribution in [3.05, 3.63) is 0 Å². The normalized spacial score (nSPS) is 18.8. The van der Waals surface area contributed by atoms with Crippen LogP contribution in [-0.2, 0) is 9.36 Å². The van der Waals surface area contributed by atoms with E-state index in [1.807, 2.05) is 0 Å². The lowest BCUT2D eigenvalue weighted by molar-refractivity contribution is -0.163. The first-order valence-electron chi connectivity index (χ1n) is 4.74. The van der Waals surface area contributed by atoms with E-state index in [4.69, 9.17) is 15.0 Å². The molecule has 0 bridgehead atoms. The number of aliphatic hydroxyl groups excluding tert-OH is 3. The van der Waals surface area contributed by atoms with Crippen LogP contribution in [0.25, 0.3) is 0 Å². The minimum atomic E-state index is -5.05. The van der Waals surface area contributed by atoms with Crippen molar-refractivity contribution < 1.29 is 44.1 Å². The van der Waals surface area contributed by atoms with Gasteiger partial charge in [-0.3, -0.25) is 14.6 Å². The molecule has 0 aliphatic rings. The van der Waals surface area contributed by atoms with Gasteiger partial charge >= 0.3 is 7.60 Å². The smallest absolute Gasteiger partial charge is 0.359 e. The van der Waals surface area contributed by atoms with E-state index < -0.39 is 44.8 Å². The molecule has 0 rings (SSSR count). The van der Waals surface area contributed by atoms with Gasteiger partial charge in [-0.05, 0) is 0 Å². The molecule has 0 aromatic rings. The first-order chi connectivity index (χ1) is 8.09. The number of amides is 1. The molecule has 11 heteroatoms. The van der Waals surface area contributed by atoms with E-state index in [0.29, 0.717) is 0 Å². The third-order valence-corrected chi connectivity index (χ3v) is 3.03. The number of halogens is 1. The molecule has 0 aliphatic carbocycles. The monoisotopic (exact) mass is 291 g/mol. The van der Waals surface area contributed by atoms with Crippen LogP contribution < -0.4 is 0 Å². The Morgan fingerprint density at radius 2 is 1.72 bits per heavy atom. The van der Waals surface area contributed by atoms with Crippen molar-refractivity contribution in [1.29, 1.82) is 0 Å². The van der Waals surface area contributed by atoms with Gasteiger partial charge in [0.25, 0.3) is 0 Å². The summed E-state index contributed by atoms with van der Waals surface area (Å²) < 4.78 is 23.3. The molecule has 1 amide bonds. The Bertz CT molecular complexity index is 312. The lowest BCUT2D eigenvalue weighted by atomic mass is 10.1. The largest absolute Gasteiger partial charge is 0.390 e. The Hall–Kier alpha value is -0.610. The lowest BCUT2D eigenvalue weighted by Gasteiger charge is -2.25. The maximum atomic E-state index is 12.9. The third kappa shape index (κ3) is 5.83. The van der Waals surface area contributed by atoms with Gasteiger partial charge in [-0.15, -0.1) is 0 Å². The number of carbonyl (C=O) groups excluding carboxylic acids is 1. The van der Waals surface area contributed by atoms with Crippen LogP contribution in [0, 0.1) is 0 Å². The zero-order valence-corrected chi connectivity index (χ0v) is 9.97. The SMILES string of the molecule is O=CN(O)C[C@H](O)[C@H](O)[C@H](O)CC(F)P(=O)(O)O. The predicted octanol–water partition coefficient (Wildman–Crippen LogP) is -2.22. The molecule has 0 spiro atoms. The Balaban J connectivity index is 4.37. The number of hydrogen-bond donors (Lipinski definition) is 6. The second-order valence-corrected chi connectivity index (χ2v) is 5.35. The predicted molar refractivity (Wildman–Crippen MR) is 54.1 cm³/mol. The average Bonchev–Trinajstić information content (AvgIpc) is 2.26. The van der Waals surface area contributed by atoms with Crippen molar-refractivity contribution in [2.45, 2.75) is 30.6 Å². The van der Waals surface area contributed by atoms with Crippen LogP contribution in [0.4, 0.5) is 4.39 Å². The molecule has 0 radical (unpaired) electrons. The fraction of sp³-hybridized carbons (Fsp3) is 0.857. The first kappa shape index (κ1) is 17.4. The Morgan fingerprint density at radius 1 is 1.22 bits per heavy atom. The fourth-order valence-corrected chi connectivity index (χ4v) is 1.57. The highest BCUT2D eigenvalue weighted by atomic mass is 31.2. The van der Waals surface area contributed by atoms with Crippen LogP contribution in [0.1, 0.15) is 6.42 Å². The molecule has 4 atom stereocenters. The fourth-order valence-electron chi connectivity index (χ4n) is 1.08. The maximum absolute atomic E-state index is 12.9. The van der Waals surface area contributed by atoms with E-state index in [9.17, 15) is 29.1 Å². The summed E-state index contributed by atoms with van der Waals surface area (Å²) in [6.07, 6.45) is -6.93. The Kier molecular flexibility index (Phi) is 6.86. The van der Waals surface area contributed by atoms with Crippen molar-refractivity contribution in [2.75, 3.05) is 6.54 Å². The van der Waals surface area contributed by atoms with E-state index in [1.165, 1.54) is 0 Å². The van der Waals surface area contributed by atoms with Gasteiger partial charge in [0.15, 0.2) is 0 Å². The number of aliphatic hydroxyl groups is 3. The summed E-state index contributed by atoms with van der Waals surface area (Å²) in [6, 6.07) is 0. The summed E-state index contributed by atoms with van der Waals surface area (Å²) >= 11 is 0. The maximum Gasteiger partial charge on any atom is 0.359 e. The second-order valence-electron chi connectivity index (χ2n) is 3.61. The molecule has 0 aromatic heterocycles. The Morgan fingerprint density at radius 3 is 2.11 bits per heavy atom. The Labute approximate surface area is 101 Å². The summed E-state index contributed by atoms with van der Waals surface area (Å²) in [4.78, 5) is 26.9. The van der Waals surface area contributed by atoms with Gasteiger partial charge in [-0.25, -0.2) is 9.45 Å². The molecular formula is C7H15FNO8P. The summed E-state index contributed by atoms with van der Waals surface area (Å²) in [7, 11) is -5.05. The van der Waals surface area contributed by atoms with Gasteiger partial charge in [0, 0.05) is 6.42 Å². The summed E-state index contributed by atoms with van der Waals surface area (Å²) in [6.45, 7) is -0.755. The molecule has 0 heterocycles. The second kappa shape index (κ2) is 7.10. The molecule has 108 valence electrons.